The predicted octanol–water partition coefficient (Wildman–Crippen LogP) is 6.13. The molecule has 6 rings (SSSR count). The molecule has 52 heavy (non-hydrogen) atoms. The van der Waals surface area contributed by atoms with E-state index >= 15 is 0 Å². The molecule has 0 amide bonds. The van der Waals surface area contributed by atoms with E-state index in [1.165, 1.54) is 20.3 Å². The highest BCUT2D eigenvalue weighted by Gasteiger charge is 2.50. The van der Waals surface area contributed by atoms with Crippen molar-refractivity contribution in [3.8, 4) is 56.9 Å². The van der Waals surface area contributed by atoms with Crippen LogP contribution >= 0.6 is 0 Å². The van der Waals surface area contributed by atoms with E-state index in [9.17, 15) is 48.0 Å². The first-order chi connectivity index (χ1) is 24.3. The van der Waals surface area contributed by atoms with E-state index in [0.29, 0.717) is 29.0 Å². The predicted molar refractivity (Wildman–Crippen MR) is 170 cm³/mol. The average molecular weight is 780 g/mol. The second-order valence-corrected chi connectivity index (χ2v) is 14.0. The molecular weight excluding hydrogens is 756 g/mol. The summed E-state index contributed by atoms with van der Waals surface area (Å²) < 4.78 is 164. The van der Waals surface area contributed by atoms with Crippen LogP contribution in [0.15, 0.2) is 51.7 Å². The Labute approximate surface area is 289 Å². The van der Waals surface area contributed by atoms with Crippen molar-refractivity contribution >= 4 is 42.1 Å². The zero-order chi connectivity index (χ0) is 38.1. The first-order valence-electron chi connectivity index (χ1n) is 14.4. The Kier molecular flexibility index (Phi) is 8.72. The van der Waals surface area contributed by atoms with Gasteiger partial charge in [0.2, 0.25) is 0 Å². The fourth-order valence-electron chi connectivity index (χ4n) is 5.88. The van der Waals surface area contributed by atoms with Gasteiger partial charge in [-0.05, 0) is 47.9 Å². The van der Waals surface area contributed by atoms with Crippen molar-refractivity contribution in [2.24, 2.45) is 0 Å². The number of halogens is 6. The number of methoxy groups -OCH3 is 4. The highest BCUT2D eigenvalue weighted by Crippen LogP contribution is 2.50. The molecule has 0 saturated heterocycles. The van der Waals surface area contributed by atoms with E-state index in [-0.39, 0.29) is 39.7 Å². The van der Waals surface area contributed by atoms with Crippen LogP contribution in [-0.2, 0) is 33.2 Å². The van der Waals surface area contributed by atoms with Gasteiger partial charge in [0.25, 0.3) is 0 Å². The Morgan fingerprint density at radius 3 is 1.81 bits per heavy atom. The minimum Gasteiger partial charge on any atom is -0.493 e. The van der Waals surface area contributed by atoms with Crippen molar-refractivity contribution in [1.29, 1.82) is 0 Å². The molecule has 0 radical (unpaired) electrons. The molecule has 0 atom stereocenters. The molecule has 2 aromatic heterocycles. The number of aryl methyl sites for hydroxylation is 2. The van der Waals surface area contributed by atoms with Crippen LogP contribution in [0.5, 0.6) is 34.5 Å². The van der Waals surface area contributed by atoms with Crippen LogP contribution < -0.4 is 32.9 Å². The number of fused-ring (bicyclic) bond motifs is 7. The number of nitrogens with zero attached hydrogens (tertiary/aromatic N) is 1. The van der Waals surface area contributed by atoms with E-state index in [2.05, 4.69) is 8.37 Å². The van der Waals surface area contributed by atoms with Crippen LogP contribution in [0, 0.1) is 0 Å². The maximum atomic E-state index is 13.8. The number of hydrogen-bond donors (Lipinski definition) is 0. The van der Waals surface area contributed by atoms with Gasteiger partial charge in [0.05, 0.1) is 34.1 Å². The van der Waals surface area contributed by atoms with Gasteiger partial charge in [0, 0.05) is 34.5 Å². The van der Waals surface area contributed by atoms with E-state index in [1.54, 1.807) is 16.7 Å². The number of alkyl halides is 6. The normalized spacial score (nSPS) is 13.4. The van der Waals surface area contributed by atoms with Gasteiger partial charge in [-0.15, -0.1) is 0 Å². The van der Waals surface area contributed by atoms with Crippen molar-refractivity contribution in [3.05, 3.63) is 58.4 Å². The van der Waals surface area contributed by atoms with Gasteiger partial charge in [-0.25, -0.2) is 4.79 Å². The minimum absolute atomic E-state index is 0.000996. The van der Waals surface area contributed by atoms with Gasteiger partial charge < -0.3 is 36.3 Å². The molecule has 21 heteroatoms. The molecular formula is C31H23F6NO12S2. The van der Waals surface area contributed by atoms with E-state index in [0.717, 1.165) is 38.5 Å². The van der Waals surface area contributed by atoms with Gasteiger partial charge in [0.15, 0.2) is 34.5 Å². The molecule has 1 aliphatic heterocycles. The lowest BCUT2D eigenvalue weighted by atomic mass is 9.91. The summed E-state index contributed by atoms with van der Waals surface area (Å²) in [5.74, 6) is -2.13. The van der Waals surface area contributed by atoms with Crippen molar-refractivity contribution < 1.29 is 74.9 Å². The van der Waals surface area contributed by atoms with Crippen molar-refractivity contribution in [1.82, 2.24) is 4.57 Å². The second kappa shape index (κ2) is 12.4. The lowest BCUT2D eigenvalue weighted by Gasteiger charge is -2.23. The van der Waals surface area contributed by atoms with Gasteiger partial charge >= 0.3 is 36.9 Å². The molecule has 0 spiro atoms. The third-order valence-electron chi connectivity index (χ3n) is 8.08. The molecule has 0 saturated carbocycles. The summed E-state index contributed by atoms with van der Waals surface area (Å²) in [4.78, 5) is 13.8. The third kappa shape index (κ3) is 5.86. The number of rotatable bonds is 9. The zero-order valence-corrected chi connectivity index (χ0v) is 28.5. The van der Waals surface area contributed by atoms with Crippen molar-refractivity contribution in [3.63, 3.8) is 0 Å². The lowest BCUT2D eigenvalue weighted by molar-refractivity contribution is -0.0505. The maximum Gasteiger partial charge on any atom is 0.534 e. The second-order valence-electron chi connectivity index (χ2n) is 10.9. The van der Waals surface area contributed by atoms with Crippen LogP contribution in [0.3, 0.4) is 0 Å². The fraction of sp³-hybridized carbons (Fsp3) is 0.258. The summed E-state index contributed by atoms with van der Waals surface area (Å²) in [7, 11) is -7.46. The topological polar surface area (TPSA) is 159 Å². The summed E-state index contributed by atoms with van der Waals surface area (Å²) in [5.41, 5.74) is -11.3. The SMILES string of the molecule is COc1cc2c(cc1OC)-c1c(-c3ccc(OS(=O)(=O)C(F)(F)F)c(OC)c3)c3c4cc(OC)c(OS(=O)(=O)C(F)(F)F)cc4oc(=O)c3n1CC2. The van der Waals surface area contributed by atoms with Gasteiger partial charge in [-0.1, -0.05) is 6.07 Å². The Morgan fingerprint density at radius 1 is 0.692 bits per heavy atom. The van der Waals surface area contributed by atoms with Crippen LogP contribution in [0.2, 0.25) is 0 Å². The fourth-order valence-corrected chi connectivity index (χ4v) is 6.80. The Bertz CT molecular complexity index is 2560. The third-order valence-corrected chi connectivity index (χ3v) is 10.0. The molecule has 3 aromatic carbocycles. The number of hydrogen-bond acceptors (Lipinski definition) is 12. The number of benzene rings is 3. The molecule has 0 aliphatic carbocycles. The summed E-state index contributed by atoms with van der Waals surface area (Å²) in [6.45, 7) is 0.148. The summed E-state index contributed by atoms with van der Waals surface area (Å²) in [6.07, 6.45) is 0.334. The number of aromatic nitrogens is 1. The van der Waals surface area contributed by atoms with Gasteiger partial charge in [0.1, 0.15) is 11.1 Å². The van der Waals surface area contributed by atoms with Gasteiger partial charge in [-0.2, -0.15) is 43.2 Å². The molecule has 0 bridgehead atoms. The van der Waals surface area contributed by atoms with E-state index < -0.39 is 65.5 Å². The zero-order valence-electron chi connectivity index (χ0n) is 26.9. The maximum absolute atomic E-state index is 13.8. The monoisotopic (exact) mass is 779 g/mol. The Hall–Kier alpha value is -5.31. The Morgan fingerprint density at radius 2 is 1.23 bits per heavy atom. The number of ether oxygens (including phenoxy) is 4. The molecule has 278 valence electrons. The highest BCUT2D eigenvalue weighted by atomic mass is 32.2. The molecule has 5 aromatic rings. The van der Waals surface area contributed by atoms with Crippen LogP contribution in [0.1, 0.15) is 5.56 Å². The summed E-state index contributed by atoms with van der Waals surface area (Å²) >= 11 is 0. The average Bonchev–Trinajstić information content (AvgIpc) is 3.42. The molecule has 13 nitrogen and oxygen atoms in total. The standard InChI is InChI=1S/C31H23F6NO12S2/c1-44-20-10-15(5-6-18(20)49-51(40,41)30(32,33)34)25-26-17-12-23(47-4)24(50-52(42,43)31(35,36)37)13-19(17)48-29(39)28(26)38-8-7-14-9-21(45-2)22(46-3)11-16(14)27(25)38/h5-6,9-13H,7-8H2,1-4H3. The first kappa shape index (κ1) is 36.5. The molecule has 0 unspecified atom stereocenters. The Balaban J connectivity index is 1.73. The summed E-state index contributed by atoms with van der Waals surface area (Å²) in [5, 5.41) is 0.0760. The highest BCUT2D eigenvalue weighted by molar-refractivity contribution is 7.88. The van der Waals surface area contributed by atoms with E-state index in [4.69, 9.17) is 23.4 Å². The van der Waals surface area contributed by atoms with Crippen molar-refractivity contribution in [2.75, 3.05) is 28.4 Å². The molecule has 3 heterocycles. The lowest BCUT2D eigenvalue weighted by Crippen LogP contribution is -2.28. The van der Waals surface area contributed by atoms with Gasteiger partial charge in [-0.3, -0.25) is 0 Å². The largest absolute Gasteiger partial charge is 0.534 e. The van der Waals surface area contributed by atoms with Crippen LogP contribution in [-0.4, -0.2) is 60.9 Å². The minimum atomic E-state index is -6.20. The molecule has 0 N–H and O–H groups in total. The molecule has 1 aliphatic rings. The summed E-state index contributed by atoms with van der Waals surface area (Å²) in [6, 6.07) is 8.36. The van der Waals surface area contributed by atoms with E-state index in [1.807, 2.05) is 0 Å². The first-order valence-corrected chi connectivity index (χ1v) is 17.2. The van der Waals surface area contributed by atoms with Crippen molar-refractivity contribution in [2.45, 2.75) is 24.0 Å². The van der Waals surface area contributed by atoms with Crippen LogP contribution in [0.4, 0.5) is 26.3 Å². The quantitative estimate of drug-likeness (QED) is 0.0731. The smallest absolute Gasteiger partial charge is 0.493 e. The van der Waals surface area contributed by atoms with Crippen LogP contribution in [0.25, 0.3) is 44.3 Å². The molecule has 0 fully saturated rings.